The highest BCUT2D eigenvalue weighted by Gasteiger charge is 2.15. The fourth-order valence-corrected chi connectivity index (χ4v) is 2.72. The van der Waals surface area contributed by atoms with Crippen LogP contribution in [-0.2, 0) is 21.3 Å². The molecule has 116 valence electrons. The molecule has 1 aromatic rings. The Kier molecular flexibility index (Phi) is 7.75. The van der Waals surface area contributed by atoms with E-state index in [-0.39, 0.29) is 4.90 Å². The fraction of sp³-hybridized carbons (Fsp3) is 0.750. The van der Waals surface area contributed by atoms with Gasteiger partial charge in [0.1, 0.15) is 4.90 Å². The van der Waals surface area contributed by atoms with Crippen LogP contribution in [0, 0.1) is 0 Å². The van der Waals surface area contributed by atoms with Crippen molar-refractivity contribution < 1.29 is 13.2 Å². The van der Waals surface area contributed by atoms with E-state index in [9.17, 15) is 8.42 Å². The van der Waals surface area contributed by atoms with Crippen molar-refractivity contribution in [3.63, 3.8) is 0 Å². The zero-order valence-electron chi connectivity index (χ0n) is 11.9. The van der Waals surface area contributed by atoms with Crippen LogP contribution in [0.1, 0.15) is 25.7 Å². The quantitative estimate of drug-likeness (QED) is 0.574. The molecular weight excluding hydrogens is 280 g/mol. The highest BCUT2D eigenvalue weighted by atomic mass is 32.2. The average Bonchev–Trinajstić information content (AvgIpc) is 2.90. The van der Waals surface area contributed by atoms with E-state index in [1.54, 1.807) is 11.8 Å². The number of methoxy groups -OCH3 is 1. The molecule has 0 unspecified atom stereocenters. The van der Waals surface area contributed by atoms with Crippen LogP contribution in [0.15, 0.2) is 17.3 Å². The van der Waals surface area contributed by atoms with Crippen LogP contribution < -0.4 is 10.5 Å². The average molecular weight is 304 g/mol. The summed E-state index contributed by atoms with van der Waals surface area (Å²) in [5, 5.41) is 4.01. The molecule has 3 N–H and O–H groups in total. The maximum atomic E-state index is 12.0. The molecule has 0 saturated carbocycles. The number of aromatic nitrogens is 2. The predicted octanol–water partition coefficient (Wildman–Crippen LogP) is 0.327. The van der Waals surface area contributed by atoms with Crippen molar-refractivity contribution in [1.29, 1.82) is 0 Å². The summed E-state index contributed by atoms with van der Waals surface area (Å²) in [5.74, 6) is 0. The Morgan fingerprint density at radius 1 is 1.35 bits per heavy atom. The lowest BCUT2D eigenvalue weighted by Crippen LogP contribution is -2.24. The number of rotatable bonds is 11. The number of unbranched alkanes of at least 4 members (excludes halogenated alkanes) is 2. The Morgan fingerprint density at radius 2 is 2.15 bits per heavy atom. The van der Waals surface area contributed by atoms with Gasteiger partial charge in [0.25, 0.3) is 0 Å². The van der Waals surface area contributed by atoms with Gasteiger partial charge in [-0.05, 0) is 32.2 Å². The lowest BCUT2D eigenvalue weighted by Gasteiger charge is -2.04. The van der Waals surface area contributed by atoms with E-state index in [0.717, 1.165) is 25.7 Å². The molecule has 1 heterocycles. The van der Waals surface area contributed by atoms with Gasteiger partial charge in [0.2, 0.25) is 10.0 Å². The second-order valence-electron chi connectivity index (χ2n) is 4.53. The van der Waals surface area contributed by atoms with Crippen molar-refractivity contribution in [1.82, 2.24) is 14.5 Å². The van der Waals surface area contributed by atoms with Gasteiger partial charge in [0.05, 0.1) is 6.20 Å². The largest absolute Gasteiger partial charge is 0.385 e. The van der Waals surface area contributed by atoms with Crippen molar-refractivity contribution in [2.45, 2.75) is 37.1 Å². The van der Waals surface area contributed by atoms with Gasteiger partial charge in [0.15, 0.2) is 0 Å². The Balaban J connectivity index is 2.38. The van der Waals surface area contributed by atoms with E-state index >= 15 is 0 Å². The SMILES string of the molecule is COCCCCCNS(=O)(=O)c1cnn(CCCN)c1. The molecule has 0 spiro atoms. The van der Waals surface area contributed by atoms with Gasteiger partial charge in [0, 0.05) is 33.0 Å². The van der Waals surface area contributed by atoms with Crippen molar-refractivity contribution in [2.75, 3.05) is 26.8 Å². The monoisotopic (exact) mass is 304 g/mol. The van der Waals surface area contributed by atoms with Crippen LogP contribution in [0.4, 0.5) is 0 Å². The molecule has 0 aliphatic carbocycles. The first-order valence-electron chi connectivity index (χ1n) is 6.81. The number of aryl methyl sites for hydroxylation is 1. The molecule has 8 heteroatoms. The van der Waals surface area contributed by atoms with Gasteiger partial charge in [-0.2, -0.15) is 5.10 Å². The standard InChI is InChI=1S/C12H24N4O3S/c1-19-9-4-2-3-7-15-20(17,18)12-10-14-16(11-12)8-5-6-13/h10-11,15H,2-9,13H2,1H3. The smallest absolute Gasteiger partial charge is 0.243 e. The third-order valence-electron chi connectivity index (χ3n) is 2.83. The summed E-state index contributed by atoms with van der Waals surface area (Å²) in [4.78, 5) is 0.200. The van der Waals surface area contributed by atoms with Crippen molar-refractivity contribution in [3.05, 3.63) is 12.4 Å². The van der Waals surface area contributed by atoms with Crippen molar-refractivity contribution in [3.8, 4) is 0 Å². The minimum Gasteiger partial charge on any atom is -0.385 e. The van der Waals surface area contributed by atoms with Gasteiger partial charge < -0.3 is 10.5 Å². The third-order valence-corrected chi connectivity index (χ3v) is 4.24. The van der Waals surface area contributed by atoms with E-state index in [1.165, 1.54) is 12.4 Å². The van der Waals surface area contributed by atoms with Crippen molar-refractivity contribution >= 4 is 10.0 Å². The normalized spacial score (nSPS) is 11.9. The molecule has 1 rings (SSSR count). The molecule has 0 atom stereocenters. The summed E-state index contributed by atoms with van der Waals surface area (Å²) in [6.07, 6.45) is 6.34. The van der Waals surface area contributed by atoms with Gasteiger partial charge in [-0.3, -0.25) is 4.68 Å². The molecule has 0 amide bonds. The molecule has 0 fully saturated rings. The molecule has 0 radical (unpaired) electrons. The Labute approximate surface area is 120 Å². The number of nitrogens with two attached hydrogens (primary N) is 1. The number of hydrogen-bond donors (Lipinski definition) is 2. The van der Waals surface area contributed by atoms with E-state index in [2.05, 4.69) is 9.82 Å². The van der Waals surface area contributed by atoms with Crippen LogP contribution in [-0.4, -0.2) is 45.0 Å². The summed E-state index contributed by atoms with van der Waals surface area (Å²) < 4.78 is 33.1. The molecule has 0 aliphatic heterocycles. The van der Waals surface area contributed by atoms with E-state index in [0.29, 0.717) is 26.2 Å². The van der Waals surface area contributed by atoms with Crippen LogP contribution >= 0.6 is 0 Å². The molecule has 0 bridgehead atoms. The summed E-state index contributed by atoms with van der Waals surface area (Å²) in [7, 11) is -1.80. The van der Waals surface area contributed by atoms with Gasteiger partial charge in [-0.25, -0.2) is 13.1 Å². The third kappa shape index (κ3) is 6.00. The predicted molar refractivity (Wildman–Crippen MR) is 76.8 cm³/mol. The summed E-state index contributed by atoms with van der Waals surface area (Å²) in [6.45, 7) is 2.32. The minimum absolute atomic E-state index is 0.200. The second-order valence-corrected chi connectivity index (χ2v) is 6.30. The second kappa shape index (κ2) is 9.06. The van der Waals surface area contributed by atoms with Crippen LogP contribution in [0.5, 0.6) is 0 Å². The topological polar surface area (TPSA) is 99.2 Å². The van der Waals surface area contributed by atoms with Crippen molar-refractivity contribution in [2.24, 2.45) is 5.73 Å². The number of ether oxygens (including phenoxy) is 1. The number of sulfonamides is 1. The number of hydrogen-bond acceptors (Lipinski definition) is 5. The van der Waals surface area contributed by atoms with Gasteiger partial charge >= 0.3 is 0 Å². The van der Waals surface area contributed by atoms with E-state index in [4.69, 9.17) is 10.5 Å². The highest BCUT2D eigenvalue weighted by molar-refractivity contribution is 7.89. The molecule has 0 saturated heterocycles. The summed E-state index contributed by atoms with van der Waals surface area (Å²) in [5.41, 5.74) is 5.40. The molecule has 1 aromatic heterocycles. The first-order valence-corrected chi connectivity index (χ1v) is 8.29. The minimum atomic E-state index is -3.45. The Hall–Kier alpha value is -0.960. The summed E-state index contributed by atoms with van der Waals surface area (Å²) >= 11 is 0. The van der Waals surface area contributed by atoms with Crippen LogP contribution in [0.25, 0.3) is 0 Å². The Morgan fingerprint density at radius 3 is 2.85 bits per heavy atom. The van der Waals surface area contributed by atoms with Crippen LogP contribution in [0.3, 0.4) is 0 Å². The lowest BCUT2D eigenvalue weighted by molar-refractivity contribution is 0.192. The lowest BCUT2D eigenvalue weighted by atomic mass is 10.2. The zero-order valence-corrected chi connectivity index (χ0v) is 12.7. The fourth-order valence-electron chi connectivity index (χ4n) is 1.70. The van der Waals surface area contributed by atoms with Gasteiger partial charge in [-0.15, -0.1) is 0 Å². The first kappa shape index (κ1) is 17.1. The highest BCUT2D eigenvalue weighted by Crippen LogP contribution is 2.07. The van der Waals surface area contributed by atoms with Crippen LogP contribution in [0.2, 0.25) is 0 Å². The maximum absolute atomic E-state index is 12.0. The molecular formula is C12H24N4O3S. The molecule has 20 heavy (non-hydrogen) atoms. The summed E-state index contributed by atoms with van der Waals surface area (Å²) in [6, 6.07) is 0. The number of nitrogens with zero attached hydrogens (tertiary/aromatic N) is 2. The molecule has 0 aliphatic rings. The first-order chi connectivity index (χ1) is 9.60. The molecule has 7 nitrogen and oxygen atoms in total. The Bertz CT molecular complexity index is 473. The van der Waals surface area contributed by atoms with E-state index in [1.807, 2.05) is 0 Å². The van der Waals surface area contributed by atoms with Gasteiger partial charge in [-0.1, -0.05) is 0 Å². The number of nitrogens with one attached hydrogen (secondary N) is 1. The maximum Gasteiger partial charge on any atom is 0.243 e. The zero-order chi connectivity index (χ0) is 14.8. The molecule has 0 aromatic carbocycles. The van der Waals surface area contributed by atoms with E-state index < -0.39 is 10.0 Å².